The lowest BCUT2D eigenvalue weighted by Gasteiger charge is -2.34. The second-order valence-electron chi connectivity index (χ2n) is 10.9. The van der Waals surface area contributed by atoms with Gasteiger partial charge in [-0.05, 0) is 41.0 Å². The van der Waals surface area contributed by atoms with Crippen molar-refractivity contribution in [1.29, 1.82) is 0 Å². The van der Waals surface area contributed by atoms with Crippen LogP contribution in [0.25, 0.3) is 11.3 Å². The first-order valence-corrected chi connectivity index (χ1v) is 13.2. The molecule has 0 bridgehead atoms. The minimum absolute atomic E-state index is 0.0510. The van der Waals surface area contributed by atoms with Gasteiger partial charge in [-0.1, -0.05) is 88.4 Å². The topological polar surface area (TPSA) is 104 Å². The van der Waals surface area contributed by atoms with E-state index < -0.39 is 23.7 Å². The summed E-state index contributed by atoms with van der Waals surface area (Å²) >= 11 is 0. The van der Waals surface area contributed by atoms with Crippen LogP contribution in [0.15, 0.2) is 79.0 Å². The van der Waals surface area contributed by atoms with Crippen molar-refractivity contribution in [2.45, 2.75) is 52.8 Å². The molecule has 0 radical (unpaired) electrons. The van der Waals surface area contributed by atoms with Crippen molar-refractivity contribution in [3.63, 3.8) is 0 Å². The van der Waals surface area contributed by atoms with Gasteiger partial charge in [0.2, 0.25) is 0 Å². The number of pyridine rings is 1. The van der Waals surface area contributed by atoms with E-state index >= 15 is 0 Å². The van der Waals surface area contributed by atoms with Gasteiger partial charge in [0.05, 0.1) is 18.9 Å². The SMILES string of the molecule is COC(=O)N[C@@H](C(=O)NN(Cc1ccc(-c2ccccn2)cc1)C[C@H](O)[C@@H](C)Cc1ccccc1)C(C)(C)C. The van der Waals surface area contributed by atoms with E-state index in [1.165, 1.54) is 7.11 Å². The number of hydrogen-bond donors (Lipinski definition) is 3. The van der Waals surface area contributed by atoms with Crippen LogP contribution in [0.4, 0.5) is 4.79 Å². The highest BCUT2D eigenvalue weighted by Crippen LogP contribution is 2.21. The predicted molar refractivity (Wildman–Crippen MR) is 152 cm³/mol. The third-order valence-electron chi connectivity index (χ3n) is 6.60. The number of aromatic nitrogens is 1. The third-order valence-corrected chi connectivity index (χ3v) is 6.60. The minimum Gasteiger partial charge on any atom is -0.453 e. The van der Waals surface area contributed by atoms with Gasteiger partial charge in [-0.15, -0.1) is 0 Å². The van der Waals surface area contributed by atoms with Gasteiger partial charge in [0.25, 0.3) is 5.91 Å². The molecule has 0 saturated carbocycles. The maximum atomic E-state index is 13.4. The quantitative estimate of drug-likeness (QED) is 0.312. The molecule has 3 aromatic rings. The molecule has 0 aliphatic rings. The Morgan fingerprint density at radius 2 is 1.64 bits per heavy atom. The van der Waals surface area contributed by atoms with Crippen LogP contribution in [-0.2, 0) is 22.5 Å². The van der Waals surface area contributed by atoms with Gasteiger partial charge in [-0.25, -0.2) is 9.80 Å². The molecule has 1 aromatic heterocycles. The molecule has 0 spiro atoms. The summed E-state index contributed by atoms with van der Waals surface area (Å²) in [4.78, 5) is 29.8. The maximum Gasteiger partial charge on any atom is 0.407 e. The number of hydrazine groups is 1. The Kier molecular flexibility index (Phi) is 10.6. The number of alkyl carbamates (subject to hydrolysis) is 1. The molecule has 0 fully saturated rings. The van der Waals surface area contributed by atoms with Gasteiger partial charge in [-0.2, -0.15) is 0 Å². The minimum atomic E-state index is -0.849. The Hall–Kier alpha value is -3.75. The summed E-state index contributed by atoms with van der Waals surface area (Å²) in [7, 11) is 1.26. The molecule has 0 saturated heterocycles. The van der Waals surface area contributed by atoms with E-state index in [-0.39, 0.29) is 18.4 Å². The van der Waals surface area contributed by atoms with E-state index in [4.69, 9.17) is 4.74 Å². The molecule has 1 heterocycles. The number of nitrogens with zero attached hydrogens (tertiary/aromatic N) is 2. The van der Waals surface area contributed by atoms with E-state index in [2.05, 4.69) is 15.7 Å². The largest absolute Gasteiger partial charge is 0.453 e. The van der Waals surface area contributed by atoms with E-state index in [0.717, 1.165) is 22.4 Å². The first-order valence-electron chi connectivity index (χ1n) is 13.2. The number of benzene rings is 2. The Labute approximate surface area is 231 Å². The molecule has 0 aliphatic heterocycles. The summed E-state index contributed by atoms with van der Waals surface area (Å²) in [5.41, 5.74) is 6.33. The fourth-order valence-electron chi connectivity index (χ4n) is 4.28. The number of aliphatic hydroxyl groups excluding tert-OH is 1. The second-order valence-corrected chi connectivity index (χ2v) is 10.9. The summed E-state index contributed by atoms with van der Waals surface area (Å²) in [5, 5.41) is 15.5. The van der Waals surface area contributed by atoms with Crippen LogP contribution in [0, 0.1) is 11.3 Å². The molecule has 8 heteroatoms. The average molecular weight is 533 g/mol. The van der Waals surface area contributed by atoms with Crippen molar-refractivity contribution in [2.24, 2.45) is 11.3 Å². The van der Waals surface area contributed by atoms with Gasteiger partial charge in [0, 0.05) is 24.8 Å². The van der Waals surface area contributed by atoms with Crippen molar-refractivity contribution in [2.75, 3.05) is 13.7 Å². The highest BCUT2D eigenvalue weighted by Gasteiger charge is 2.34. The first kappa shape index (κ1) is 29.8. The summed E-state index contributed by atoms with van der Waals surface area (Å²) < 4.78 is 4.74. The van der Waals surface area contributed by atoms with Gasteiger partial charge < -0.3 is 15.2 Å². The number of methoxy groups -OCH3 is 1. The maximum absolute atomic E-state index is 13.4. The molecular weight excluding hydrogens is 492 g/mol. The highest BCUT2D eigenvalue weighted by molar-refractivity contribution is 5.86. The Balaban J connectivity index is 1.78. The number of rotatable bonds is 11. The fraction of sp³-hybridized carbons (Fsp3) is 0.387. The Bertz CT molecular complexity index is 1180. The molecule has 39 heavy (non-hydrogen) atoms. The molecule has 2 amide bonds. The average Bonchev–Trinajstić information content (AvgIpc) is 2.92. The predicted octanol–water partition coefficient (Wildman–Crippen LogP) is 4.59. The highest BCUT2D eigenvalue weighted by atomic mass is 16.5. The van der Waals surface area contributed by atoms with Crippen LogP contribution in [0.1, 0.15) is 38.8 Å². The first-order chi connectivity index (χ1) is 18.6. The zero-order chi connectivity index (χ0) is 28.4. The number of carbonyl (C=O) groups is 2. The monoisotopic (exact) mass is 532 g/mol. The smallest absolute Gasteiger partial charge is 0.407 e. The fourth-order valence-corrected chi connectivity index (χ4v) is 4.28. The normalized spacial score (nSPS) is 13.8. The van der Waals surface area contributed by atoms with Crippen molar-refractivity contribution >= 4 is 12.0 Å². The van der Waals surface area contributed by atoms with E-state index in [1.807, 2.05) is 100 Å². The number of ether oxygens (including phenoxy) is 1. The lowest BCUT2D eigenvalue weighted by molar-refractivity contribution is -0.131. The Morgan fingerprint density at radius 1 is 0.974 bits per heavy atom. The molecule has 3 rings (SSSR count). The van der Waals surface area contributed by atoms with E-state index in [9.17, 15) is 14.7 Å². The Morgan fingerprint density at radius 3 is 2.23 bits per heavy atom. The van der Waals surface area contributed by atoms with Crippen molar-refractivity contribution in [3.8, 4) is 11.3 Å². The number of amides is 2. The van der Waals surface area contributed by atoms with Gasteiger partial charge >= 0.3 is 6.09 Å². The molecule has 3 atom stereocenters. The number of aliphatic hydroxyl groups is 1. The van der Waals surface area contributed by atoms with Gasteiger partial charge in [0.1, 0.15) is 6.04 Å². The molecule has 0 unspecified atom stereocenters. The van der Waals surface area contributed by atoms with Crippen molar-refractivity contribution in [3.05, 3.63) is 90.1 Å². The zero-order valence-electron chi connectivity index (χ0n) is 23.4. The summed E-state index contributed by atoms with van der Waals surface area (Å²) in [6.07, 6.45) is 1.07. The third kappa shape index (κ3) is 9.19. The number of nitrogens with one attached hydrogen (secondary N) is 2. The van der Waals surface area contributed by atoms with E-state index in [0.29, 0.717) is 13.0 Å². The standard InChI is InChI=1S/C31H40N4O4/c1-22(19-23-11-7-6-8-12-23)27(36)21-35(34-29(37)28(31(2,3)4)33-30(38)39-5)20-24-14-16-25(17-15-24)26-13-9-10-18-32-26/h6-18,22,27-28,36H,19-21H2,1-5H3,(H,33,38)(H,34,37)/t22-,27-,28-/m0/s1. The lowest BCUT2D eigenvalue weighted by atomic mass is 9.86. The summed E-state index contributed by atoms with van der Waals surface area (Å²) in [6, 6.07) is 22.9. The van der Waals surface area contributed by atoms with Crippen LogP contribution in [0.3, 0.4) is 0 Å². The van der Waals surface area contributed by atoms with Crippen molar-refractivity contribution in [1.82, 2.24) is 20.7 Å². The van der Waals surface area contributed by atoms with Crippen LogP contribution in [-0.4, -0.2) is 52.9 Å². The second kappa shape index (κ2) is 13.9. The van der Waals surface area contributed by atoms with E-state index in [1.54, 1.807) is 11.2 Å². The summed E-state index contributed by atoms with van der Waals surface area (Å²) in [5.74, 6) is -0.439. The van der Waals surface area contributed by atoms with Gasteiger partial charge in [0.15, 0.2) is 0 Å². The van der Waals surface area contributed by atoms with Crippen LogP contribution in [0.5, 0.6) is 0 Å². The molecule has 0 aliphatic carbocycles. The van der Waals surface area contributed by atoms with Crippen LogP contribution in [0.2, 0.25) is 0 Å². The summed E-state index contributed by atoms with van der Waals surface area (Å²) in [6.45, 7) is 8.16. The molecular formula is C31H40N4O4. The van der Waals surface area contributed by atoms with Crippen LogP contribution >= 0.6 is 0 Å². The zero-order valence-corrected chi connectivity index (χ0v) is 23.4. The molecule has 3 N–H and O–H groups in total. The van der Waals surface area contributed by atoms with Gasteiger partial charge in [-0.3, -0.25) is 15.2 Å². The number of carbonyl (C=O) groups excluding carboxylic acids is 2. The molecule has 208 valence electrons. The van der Waals surface area contributed by atoms with Crippen molar-refractivity contribution < 1.29 is 19.4 Å². The lowest BCUT2D eigenvalue weighted by Crippen LogP contribution is -2.58. The van der Waals surface area contributed by atoms with Crippen LogP contribution < -0.4 is 10.7 Å². The molecule has 2 aromatic carbocycles. The molecule has 8 nitrogen and oxygen atoms in total. The number of hydrogen-bond acceptors (Lipinski definition) is 6.